The van der Waals surface area contributed by atoms with Crippen molar-refractivity contribution in [3.05, 3.63) is 124 Å². The molecule has 0 aliphatic rings. The van der Waals surface area contributed by atoms with Gasteiger partial charge in [-0.15, -0.1) is 0 Å². The predicted molar refractivity (Wildman–Crippen MR) is 178 cm³/mol. The molecular formula is C34H35Cl2N3O5S. The Morgan fingerprint density at radius 2 is 1.44 bits per heavy atom. The van der Waals surface area contributed by atoms with Crippen molar-refractivity contribution in [3.63, 3.8) is 0 Å². The van der Waals surface area contributed by atoms with Crippen LogP contribution in [0, 0.1) is 0 Å². The number of sulfonamides is 1. The third-order valence-electron chi connectivity index (χ3n) is 7.04. The van der Waals surface area contributed by atoms with E-state index in [1.807, 2.05) is 44.2 Å². The second-order valence-electron chi connectivity index (χ2n) is 10.6. The van der Waals surface area contributed by atoms with Crippen molar-refractivity contribution in [1.29, 1.82) is 0 Å². The number of carbonyl (C=O) groups is 2. The van der Waals surface area contributed by atoms with Crippen molar-refractivity contribution in [3.8, 4) is 5.75 Å². The molecular weight excluding hydrogens is 633 g/mol. The van der Waals surface area contributed by atoms with E-state index < -0.39 is 34.4 Å². The van der Waals surface area contributed by atoms with Crippen LogP contribution in [0.5, 0.6) is 5.75 Å². The number of ether oxygens (including phenoxy) is 1. The molecule has 0 unspecified atom stereocenters. The molecule has 4 aromatic carbocycles. The lowest BCUT2D eigenvalue weighted by Gasteiger charge is -2.34. The first-order chi connectivity index (χ1) is 21.5. The summed E-state index contributed by atoms with van der Waals surface area (Å²) in [7, 11) is -2.77. The van der Waals surface area contributed by atoms with Gasteiger partial charge in [-0.05, 0) is 55.8 Å². The van der Waals surface area contributed by atoms with Crippen molar-refractivity contribution >= 4 is 50.7 Å². The number of methoxy groups -OCH3 is 1. The number of rotatable bonds is 13. The summed E-state index contributed by atoms with van der Waals surface area (Å²) in [6, 6.07) is 27.3. The Morgan fingerprint density at radius 1 is 0.844 bits per heavy atom. The number of hydrogen-bond acceptors (Lipinski definition) is 5. The number of anilines is 1. The van der Waals surface area contributed by atoms with Gasteiger partial charge in [-0.25, -0.2) is 8.42 Å². The van der Waals surface area contributed by atoms with Crippen LogP contribution in [-0.2, 0) is 32.6 Å². The summed E-state index contributed by atoms with van der Waals surface area (Å²) in [5.74, 6) is -0.622. The van der Waals surface area contributed by atoms with E-state index in [0.717, 1.165) is 9.87 Å². The standard InChI is InChI=1S/C34H35Cl2N3O5S/c1-24(2)37-34(41)32(20-25-12-6-4-7-13-25)38(22-29-30(35)18-11-19-31(29)36)33(40)23-39(26-14-10-15-27(21-26)44-3)45(42,43)28-16-8-5-9-17-28/h4-19,21,24,32H,20,22-23H2,1-3H3,(H,37,41)/t32-/m1/s1. The number of carbonyl (C=O) groups excluding carboxylic acids is 2. The molecule has 0 heterocycles. The Balaban J connectivity index is 1.85. The second-order valence-corrected chi connectivity index (χ2v) is 13.3. The minimum Gasteiger partial charge on any atom is -0.497 e. The zero-order valence-electron chi connectivity index (χ0n) is 25.2. The molecule has 0 bridgehead atoms. The van der Waals surface area contributed by atoms with E-state index in [1.54, 1.807) is 54.6 Å². The van der Waals surface area contributed by atoms with Crippen LogP contribution < -0.4 is 14.4 Å². The molecule has 0 fully saturated rings. The zero-order chi connectivity index (χ0) is 32.6. The molecule has 0 saturated heterocycles. The quantitative estimate of drug-likeness (QED) is 0.179. The first-order valence-corrected chi connectivity index (χ1v) is 16.5. The maximum Gasteiger partial charge on any atom is 0.264 e. The van der Waals surface area contributed by atoms with Crippen molar-refractivity contribution in [2.45, 2.75) is 43.8 Å². The zero-order valence-corrected chi connectivity index (χ0v) is 27.5. The highest BCUT2D eigenvalue weighted by molar-refractivity contribution is 7.92. The van der Waals surface area contributed by atoms with Crippen LogP contribution in [0.25, 0.3) is 0 Å². The van der Waals surface area contributed by atoms with E-state index in [1.165, 1.54) is 30.2 Å². The third kappa shape index (κ3) is 8.57. The molecule has 4 rings (SSSR count). The van der Waals surface area contributed by atoms with Gasteiger partial charge in [0, 0.05) is 40.7 Å². The van der Waals surface area contributed by atoms with Gasteiger partial charge in [0.25, 0.3) is 10.0 Å². The number of nitrogens with zero attached hydrogens (tertiary/aromatic N) is 2. The molecule has 11 heteroatoms. The van der Waals surface area contributed by atoms with Crippen LogP contribution in [0.1, 0.15) is 25.0 Å². The minimum atomic E-state index is -4.24. The normalized spacial score (nSPS) is 12.0. The van der Waals surface area contributed by atoms with Gasteiger partial charge in [0.15, 0.2) is 0 Å². The second kappa shape index (κ2) is 15.3. The Morgan fingerprint density at radius 3 is 2.04 bits per heavy atom. The van der Waals surface area contributed by atoms with Gasteiger partial charge >= 0.3 is 0 Å². The van der Waals surface area contributed by atoms with Crippen molar-refractivity contribution < 1.29 is 22.7 Å². The number of amides is 2. The molecule has 0 aliphatic heterocycles. The van der Waals surface area contributed by atoms with Crippen molar-refractivity contribution in [1.82, 2.24) is 10.2 Å². The van der Waals surface area contributed by atoms with Gasteiger partial charge in [0.2, 0.25) is 11.8 Å². The maximum absolute atomic E-state index is 14.5. The van der Waals surface area contributed by atoms with Crippen LogP contribution >= 0.6 is 23.2 Å². The van der Waals surface area contributed by atoms with E-state index in [4.69, 9.17) is 27.9 Å². The van der Waals surface area contributed by atoms with Crippen LogP contribution in [0.4, 0.5) is 5.69 Å². The van der Waals surface area contributed by atoms with Crippen LogP contribution in [-0.4, -0.2) is 50.9 Å². The molecule has 8 nitrogen and oxygen atoms in total. The maximum atomic E-state index is 14.5. The molecule has 0 aliphatic carbocycles. The largest absolute Gasteiger partial charge is 0.497 e. The van der Waals surface area contributed by atoms with Gasteiger partial charge < -0.3 is 15.0 Å². The van der Waals surface area contributed by atoms with Crippen molar-refractivity contribution in [2.24, 2.45) is 0 Å². The Bertz CT molecular complexity index is 1700. The highest BCUT2D eigenvalue weighted by Crippen LogP contribution is 2.30. The van der Waals surface area contributed by atoms with Crippen LogP contribution in [0.3, 0.4) is 0 Å². The van der Waals surface area contributed by atoms with Gasteiger partial charge in [-0.1, -0.05) is 83.9 Å². The Kier molecular flexibility index (Phi) is 11.5. The summed E-state index contributed by atoms with van der Waals surface area (Å²) < 4.78 is 34.6. The van der Waals surface area contributed by atoms with E-state index >= 15 is 0 Å². The first-order valence-electron chi connectivity index (χ1n) is 14.3. The SMILES string of the molecule is COc1cccc(N(CC(=O)N(Cc2c(Cl)cccc2Cl)[C@H](Cc2ccccc2)C(=O)NC(C)C)S(=O)(=O)c2ccccc2)c1. The molecule has 0 spiro atoms. The summed E-state index contributed by atoms with van der Waals surface area (Å²) in [6.45, 7) is 2.89. The molecule has 2 amide bonds. The Hall–Kier alpha value is -4.05. The van der Waals surface area contributed by atoms with E-state index in [9.17, 15) is 18.0 Å². The third-order valence-corrected chi connectivity index (χ3v) is 9.54. The average Bonchev–Trinajstić information content (AvgIpc) is 3.03. The highest BCUT2D eigenvalue weighted by atomic mass is 35.5. The molecule has 0 radical (unpaired) electrons. The van der Waals surface area contributed by atoms with Gasteiger partial charge in [-0.2, -0.15) is 0 Å². The van der Waals surface area contributed by atoms with E-state index in [2.05, 4.69) is 5.32 Å². The molecule has 1 N–H and O–H groups in total. The fraction of sp³-hybridized carbons (Fsp3) is 0.235. The molecule has 1 atom stereocenters. The smallest absolute Gasteiger partial charge is 0.264 e. The lowest BCUT2D eigenvalue weighted by molar-refractivity contribution is -0.140. The fourth-order valence-corrected chi connectivity index (χ4v) is 6.75. The molecule has 45 heavy (non-hydrogen) atoms. The Labute approximate surface area is 274 Å². The first kappa shape index (κ1) is 33.8. The molecule has 0 aromatic heterocycles. The predicted octanol–water partition coefficient (Wildman–Crippen LogP) is 6.36. The number of hydrogen-bond donors (Lipinski definition) is 1. The number of halogens is 2. The van der Waals surface area contributed by atoms with Crippen LogP contribution in [0.15, 0.2) is 108 Å². The highest BCUT2D eigenvalue weighted by Gasteiger charge is 2.35. The van der Waals surface area contributed by atoms with E-state index in [-0.39, 0.29) is 29.6 Å². The fourth-order valence-electron chi connectivity index (χ4n) is 4.80. The van der Waals surface area contributed by atoms with E-state index in [0.29, 0.717) is 21.4 Å². The summed E-state index contributed by atoms with van der Waals surface area (Å²) in [6.07, 6.45) is 0.164. The lowest BCUT2D eigenvalue weighted by Crippen LogP contribution is -2.54. The summed E-state index contributed by atoms with van der Waals surface area (Å²) in [4.78, 5) is 29.7. The lowest BCUT2D eigenvalue weighted by atomic mass is 10.0. The van der Waals surface area contributed by atoms with Crippen molar-refractivity contribution in [2.75, 3.05) is 18.0 Å². The summed E-state index contributed by atoms with van der Waals surface area (Å²) in [5.41, 5.74) is 1.46. The number of benzene rings is 4. The average molecular weight is 669 g/mol. The van der Waals surface area contributed by atoms with Gasteiger partial charge in [-0.3, -0.25) is 13.9 Å². The van der Waals surface area contributed by atoms with Gasteiger partial charge in [0.1, 0.15) is 18.3 Å². The van der Waals surface area contributed by atoms with Gasteiger partial charge in [0.05, 0.1) is 17.7 Å². The summed E-state index contributed by atoms with van der Waals surface area (Å²) in [5, 5.41) is 3.54. The monoisotopic (exact) mass is 667 g/mol. The summed E-state index contributed by atoms with van der Waals surface area (Å²) >= 11 is 13.1. The number of nitrogens with one attached hydrogen (secondary N) is 1. The molecule has 0 saturated carbocycles. The molecule has 4 aromatic rings. The molecule has 236 valence electrons. The van der Waals surface area contributed by atoms with Crippen LogP contribution in [0.2, 0.25) is 10.0 Å². The minimum absolute atomic E-state index is 0.000274. The topological polar surface area (TPSA) is 96.0 Å².